The lowest BCUT2D eigenvalue weighted by Gasteiger charge is -2.29. The molecule has 2 aromatic heterocycles. The second-order valence-corrected chi connectivity index (χ2v) is 9.71. The van der Waals surface area contributed by atoms with Crippen LogP contribution in [0.15, 0.2) is 82.7 Å². The fraction of sp³-hybridized carbons (Fsp3) is 0.148. The standard InChI is InChI=1S/C27H21N5O4S/c33-23(30-15-5-7-17-6-1-4-10-22(17)30)16-37-27-29-24-20-8-2-3-9-21(20)28-25(24)26(34)31(27)18-11-13-19(14-12-18)32(35)36/h1-4,6,8-14,28H,5,7,15-16H2. The molecule has 1 aliphatic heterocycles. The minimum atomic E-state index is -0.490. The lowest BCUT2D eigenvalue weighted by atomic mass is 10.0. The van der Waals surface area contributed by atoms with Gasteiger partial charge in [0.1, 0.15) is 11.0 Å². The van der Waals surface area contributed by atoms with Crippen molar-refractivity contribution in [1.29, 1.82) is 0 Å². The van der Waals surface area contributed by atoms with Crippen molar-refractivity contribution >= 4 is 51.0 Å². The molecule has 1 aliphatic rings. The summed E-state index contributed by atoms with van der Waals surface area (Å²) in [5.41, 5.74) is 3.72. The van der Waals surface area contributed by atoms with E-state index in [-0.39, 0.29) is 22.9 Å². The highest BCUT2D eigenvalue weighted by Gasteiger charge is 2.24. The first-order valence-electron chi connectivity index (χ1n) is 11.8. The molecular formula is C27H21N5O4S. The van der Waals surface area contributed by atoms with Crippen LogP contribution in [0.1, 0.15) is 12.0 Å². The summed E-state index contributed by atoms with van der Waals surface area (Å²) in [7, 11) is 0. The Morgan fingerprint density at radius 1 is 1.05 bits per heavy atom. The van der Waals surface area contributed by atoms with Gasteiger partial charge in [0.15, 0.2) is 5.16 Å². The summed E-state index contributed by atoms with van der Waals surface area (Å²) in [6.45, 7) is 0.639. The van der Waals surface area contributed by atoms with Crippen LogP contribution in [0, 0.1) is 10.1 Å². The van der Waals surface area contributed by atoms with Gasteiger partial charge in [-0.05, 0) is 42.7 Å². The van der Waals surface area contributed by atoms with Gasteiger partial charge in [-0.15, -0.1) is 0 Å². The smallest absolute Gasteiger partial charge is 0.283 e. The lowest BCUT2D eigenvalue weighted by Crippen LogP contribution is -2.36. The molecule has 37 heavy (non-hydrogen) atoms. The number of benzene rings is 3. The number of para-hydroxylation sites is 2. The minimum absolute atomic E-state index is 0.0688. The number of nitro benzene ring substituents is 1. The molecule has 10 heteroatoms. The predicted molar refractivity (Wildman–Crippen MR) is 144 cm³/mol. The largest absolute Gasteiger partial charge is 0.349 e. The van der Waals surface area contributed by atoms with Crippen molar-refractivity contribution in [2.24, 2.45) is 0 Å². The molecule has 0 aliphatic carbocycles. The minimum Gasteiger partial charge on any atom is -0.349 e. The predicted octanol–water partition coefficient (Wildman–Crippen LogP) is 4.85. The average Bonchev–Trinajstić information content (AvgIpc) is 3.30. The number of fused-ring (bicyclic) bond motifs is 4. The van der Waals surface area contributed by atoms with E-state index in [9.17, 15) is 19.7 Å². The van der Waals surface area contributed by atoms with Gasteiger partial charge in [-0.2, -0.15) is 0 Å². The summed E-state index contributed by atoms with van der Waals surface area (Å²) in [6.07, 6.45) is 1.83. The number of nitro groups is 1. The molecule has 9 nitrogen and oxygen atoms in total. The number of non-ortho nitro benzene ring substituents is 1. The van der Waals surface area contributed by atoms with Crippen LogP contribution >= 0.6 is 11.8 Å². The second kappa shape index (κ2) is 9.21. The Labute approximate surface area is 214 Å². The molecule has 0 bridgehead atoms. The van der Waals surface area contributed by atoms with Crippen molar-refractivity contribution in [2.45, 2.75) is 18.0 Å². The lowest BCUT2D eigenvalue weighted by molar-refractivity contribution is -0.384. The van der Waals surface area contributed by atoms with Crippen molar-refractivity contribution in [1.82, 2.24) is 14.5 Å². The van der Waals surface area contributed by atoms with E-state index in [2.05, 4.69) is 4.98 Å². The van der Waals surface area contributed by atoms with Gasteiger partial charge in [-0.1, -0.05) is 48.2 Å². The van der Waals surface area contributed by atoms with Crippen LogP contribution in [0.25, 0.3) is 27.6 Å². The van der Waals surface area contributed by atoms with Gasteiger partial charge < -0.3 is 9.88 Å². The summed E-state index contributed by atoms with van der Waals surface area (Å²) in [6, 6.07) is 21.1. The summed E-state index contributed by atoms with van der Waals surface area (Å²) in [4.78, 5) is 47.4. The number of H-pyrrole nitrogens is 1. The van der Waals surface area contributed by atoms with E-state index in [0.717, 1.165) is 35.0 Å². The van der Waals surface area contributed by atoms with Gasteiger partial charge in [-0.3, -0.25) is 24.3 Å². The number of nitrogens with one attached hydrogen (secondary N) is 1. The monoisotopic (exact) mass is 511 g/mol. The number of hydrogen-bond donors (Lipinski definition) is 1. The van der Waals surface area contributed by atoms with Crippen LogP contribution in [-0.2, 0) is 11.2 Å². The molecular weight excluding hydrogens is 490 g/mol. The van der Waals surface area contributed by atoms with Gasteiger partial charge in [0.25, 0.3) is 11.2 Å². The van der Waals surface area contributed by atoms with Crippen LogP contribution in [0.5, 0.6) is 0 Å². The SMILES string of the molecule is O=C(CSc1nc2c([nH]c3ccccc32)c(=O)n1-c1ccc([N+](=O)[O-])cc1)N1CCCc2ccccc21. The zero-order valence-corrected chi connectivity index (χ0v) is 20.4. The van der Waals surface area contributed by atoms with Crippen LogP contribution in [0.2, 0.25) is 0 Å². The number of thioether (sulfide) groups is 1. The number of carbonyl (C=O) groups is 1. The van der Waals surface area contributed by atoms with Crippen molar-refractivity contribution in [3.05, 3.63) is 98.8 Å². The first-order valence-corrected chi connectivity index (χ1v) is 12.8. The number of amides is 1. The first kappa shape index (κ1) is 23.0. The molecule has 0 atom stereocenters. The van der Waals surface area contributed by atoms with E-state index in [4.69, 9.17) is 4.98 Å². The van der Waals surface area contributed by atoms with Gasteiger partial charge >= 0.3 is 0 Å². The number of aromatic nitrogens is 3. The van der Waals surface area contributed by atoms with E-state index in [1.54, 1.807) is 4.90 Å². The van der Waals surface area contributed by atoms with Gasteiger partial charge in [-0.25, -0.2) is 4.98 Å². The highest BCUT2D eigenvalue weighted by molar-refractivity contribution is 7.99. The average molecular weight is 512 g/mol. The normalized spacial score (nSPS) is 13.1. The van der Waals surface area contributed by atoms with Crippen molar-refractivity contribution < 1.29 is 9.72 Å². The molecule has 0 spiro atoms. The van der Waals surface area contributed by atoms with E-state index in [0.29, 0.717) is 28.4 Å². The van der Waals surface area contributed by atoms with Crippen molar-refractivity contribution in [3.63, 3.8) is 0 Å². The Hall–Kier alpha value is -4.44. The maximum Gasteiger partial charge on any atom is 0.283 e. The summed E-state index contributed by atoms with van der Waals surface area (Å²) >= 11 is 1.18. The molecule has 1 amide bonds. The third-order valence-electron chi connectivity index (χ3n) is 6.55. The molecule has 0 saturated carbocycles. The van der Waals surface area contributed by atoms with Crippen molar-refractivity contribution in [3.8, 4) is 5.69 Å². The Bertz CT molecular complexity index is 1740. The number of rotatable bonds is 5. The van der Waals surface area contributed by atoms with Crippen LogP contribution < -0.4 is 10.5 Å². The molecule has 0 unspecified atom stereocenters. The number of hydrogen-bond acceptors (Lipinski definition) is 6. The third-order valence-corrected chi connectivity index (χ3v) is 7.47. The molecule has 184 valence electrons. The summed E-state index contributed by atoms with van der Waals surface area (Å²) in [5, 5.41) is 12.3. The van der Waals surface area contributed by atoms with E-state index < -0.39 is 4.92 Å². The molecule has 0 radical (unpaired) electrons. The number of aromatic amines is 1. The van der Waals surface area contributed by atoms with E-state index in [1.807, 2.05) is 48.5 Å². The highest BCUT2D eigenvalue weighted by atomic mass is 32.2. The molecule has 6 rings (SSSR count). The number of carbonyl (C=O) groups excluding carboxylic acids is 1. The highest BCUT2D eigenvalue weighted by Crippen LogP contribution is 2.30. The van der Waals surface area contributed by atoms with Gasteiger partial charge in [0.2, 0.25) is 5.91 Å². The Balaban J connectivity index is 1.42. The second-order valence-electron chi connectivity index (χ2n) is 8.77. The molecule has 3 aromatic carbocycles. The molecule has 0 saturated heterocycles. The number of anilines is 1. The summed E-state index contributed by atoms with van der Waals surface area (Å²) in [5.74, 6) is 0.0161. The van der Waals surface area contributed by atoms with E-state index in [1.165, 1.54) is 40.6 Å². The molecule has 0 fully saturated rings. The van der Waals surface area contributed by atoms with Gasteiger partial charge in [0, 0.05) is 35.3 Å². The van der Waals surface area contributed by atoms with Crippen LogP contribution in [0.4, 0.5) is 11.4 Å². The zero-order valence-electron chi connectivity index (χ0n) is 19.6. The Kier molecular flexibility index (Phi) is 5.72. The molecule has 5 aromatic rings. The topological polar surface area (TPSA) is 114 Å². The fourth-order valence-electron chi connectivity index (χ4n) is 4.79. The third kappa shape index (κ3) is 4.05. The zero-order chi connectivity index (χ0) is 25.5. The Morgan fingerprint density at radius 3 is 2.62 bits per heavy atom. The van der Waals surface area contributed by atoms with Crippen molar-refractivity contribution in [2.75, 3.05) is 17.2 Å². The number of nitrogens with zero attached hydrogens (tertiary/aromatic N) is 4. The van der Waals surface area contributed by atoms with Gasteiger partial charge in [0.05, 0.1) is 16.4 Å². The fourth-order valence-corrected chi connectivity index (χ4v) is 5.67. The summed E-state index contributed by atoms with van der Waals surface area (Å²) < 4.78 is 1.41. The molecule has 3 heterocycles. The van der Waals surface area contributed by atoms with Crippen LogP contribution in [-0.4, -0.2) is 37.7 Å². The molecule has 1 N–H and O–H groups in total. The van der Waals surface area contributed by atoms with Crippen LogP contribution in [0.3, 0.4) is 0 Å². The maximum absolute atomic E-state index is 13.7. The van der Waals surface area contributed by atoms with E-state index >= 15 is 0 Å². The first-order chi connectivity index (χ1) is 18.0. The number of aryl methyl sites for hydroxylation is 1. The maximum atomic E-state index is 13.7. The Morgan fingerprint density at radius 2 is 1.81 bits per heavy atom. The quantitative estimate of drug-likeness (QED) is 0.156.